The number of anilines is 2. The molecule has 3 aromatic rings. The monoisotopic (exact) mass is 542 g/mol. The van der Waals surface area contributed by atoms with E-state index < -0.39 is 18.1 Å². The van der Waals surface area contributed by atoms with E-state index in [1.807, 2.05) is 18.2 Å². The molecule has 7 nitrogen and oxygen atoms in total. The van der Waals surface area contributed by atoms with Gasteiger partial charge in [0, 0.05) is 42.1 Å². The fourth-order valence-electron chi connectivity index (χ4n) is 6.40. The number of likely N-dealkylation sites (tertiary alicyclic amines) is 1. The van der Waals surface area contributed by atoms with Crippen LogP contribution in [0.2, 0.25) is 0 Å². The van der Waals surface area contributed by atoms with Crippen molar-refractivity contribution in [3.8, 4) is 11.3 Å². The van der Waals surface area contributed by atoms with Crippen LogP contribution < -0.4 is 15.5 Å². The van der Waals surface area contributed by atoms with Crippen molar-refractivity contribution < 1.29 is 17.9 Å². The topological polar surface area (TPSA) is 68.5 Å². The largest absolute Gasteiger partial charge is 0.408 e. The number of halogens is 3. The van der Waals surface area contributed by atoms with Crippen LogP contribution in [-0.2, 0) is 4.74 Å². The zero-order valence-electron chi connectivity index (χ0n) is 22.1. The first kappa shape index (κ1) is 26.4. The van der Waals surface area contributed by atoms with Crippen molar-refractivity contribution in [1.29, 1.82) is 0 Å². The maximum atomic E-state index is 14.2. The second-order valence-corrected chi connectivity index (χ2v) is 11.0. The van der Waals surface area contributed by atoms with Crippen molar-refractivity contribution in [3.63, 3.8) is 0 Å². The zero-order valence-corrected chi connectivity index (χ0v) is 22.1. The van der Waals surface area contributed by atoms with Gasteiger partial charge in [0.2, 0.25) is 0 Å². The Morgan fingerprint density at radius 2 is 1.67 bits per heavy atom. The molecule has 6 rings (SSSR count). The summed E-state index contributed by atoms with van der Waals surface area (Å²) in [5.41, 5.74) is 3.31. The summed E-state index contributed by atoms with van der Waals surface area (Å²) < 4.78 is 48.0. The molecule has 0 saturated carbocycles. The zero-order chi connectivity index (χ0) is 26.8. The summed E-state index contributed by atoms with van der Waals surface area (Å²) >= 11 is 0. The molecule has 5 heterocycles. The maximum Gasteiger partial charge on any atom is 0.408 e. The molecular formula is C29H37F3N6O. The van der Waals surface area contributed by atoms with E-state index >= 15 is 0 Å². The Labute approximate surface area is 227 Å². The predicted molar refractivity (Wildman–Crippen MR) is 148 cm³/mol. The van der Waals surface area contributed by atoms with Crippen LogP contribution in [0, 0.1) is 5.92 Å². The Kier molecular flexibility index (Phi) is 7.68. The number of hydrogen-bond donors (Lipinski definition) is 3. The molecule has 10 heteroatoms. The lowest BCUT2D eigenvalue weighted by molar-refractivity contribution is -0.157. The number of pyridine rings is 1. The molecule has 0 aliphatic carbocycles. The van der Waals surface area contributed by atoms with E-state index in [1.165, 1.54) is 0 Å². The summed E-state index contributed by atoms with van der Waals surface area (Å²) in [6.45, 7) is 6.43. The number of ether oxygens (including phenoxy) is 1. The van der Waals surface area contributed by atoms with Gasteiger partial charge >= 0.3 is 6.18 Å². The molecule has 210 valence electrons. The van der Waals surface area contributed by atoms with Crippen molar-refractivity contribution in [2.45, 2.75) is 43.9 Å². The molecule has 3 N–H and O–H groups in total. The first-order valence-corrected chi connectivity index (χ1v) is 14.1. The van der Waals surface area contributed by atoms with Crippen LogP contribution in [0.4, 0.5) is 24.7 Å². The van der Waals surface area contributed by atoms with Gasteiger partial charge in [0.25, 0.3) is 0 Å². The molecule has 3 saturated heterocycles. The Hall–Kier alpha value is -2.82. The number of H-pyrrole nitrogens is 1. The van der Waals surface area contributed by atoms with Gasteiger partial charge in [-0.1, -0.05) is 12.1 Å². The van der Waals surface area contributed by atoms with Crippen LogP contribution in [0.15, 0.2) is 42.6 Å². The van der Waals surface area contributed by atoms with Gasteiger partial charge in [0.05, 0.1) is 18.7 Å². The lowest BCUT2D eigenvalue weighted by Crippen LogP contribution is -2.51. The highest BCUT2D eigenvalue weighted by atomic mass is 19.4. The number of rotatable bonds is 6. The smallest absolute Gasteiger partial charge is 0.378 e. The Bertz CT molecular complexity index is 1230. The Morgan fingerprint density at radius 3 is 2.36 bits per heavy atom. The molecule has 3 fully saturated rings. The number of morpholine rings is 1. The van der Waals surface area contributed by atoms with Crippen LogP contribution in [0.25, 0.3) is 22.2 Å². The summed E-state index contributed by atoms with van der Waals surface area (Å²) in [6, 6.07) is 10.2. The van der Waals surface area contributed by atoms with Gasteiger partial charge in [-0.2, -0.15) is 13.2 Å². The minimum atomic E-state index is -4.31. The third-order valence-electron chi connectivity index (χ3n) is 8.58. The molecule has 2 aromatic heterocycles. The standard InChI is InChI=1S/C29H37F3N6O/c30-29(31,32)27(21-8-13-37(14-9-21)23-5-10-33-11-6-23)35-22-3-1-20(2-4-22)26-19-24-25(36-26)7-12-34-28(24)38-15-17-39-18-16-38/h1-4,7,12,19,21,23,27,33,35-36H,5-6,8-11,13-18H2. The number of nitrogens with zero attached hydrogens (tertiary/aromatic N) is 3. The molecule has 1 aromatic carbocycles. The van der Waals surface area contributed by atoms with E-state index in [4.69, 9.17) is 4.74 Å². The second-order valence-electron chi connectivity index (χ2n) is 11.0. The summed E-state index contributed by atoms with van der Waals surface area (Å²) in [6.07, 6.45) is 0.787. The fraction of sp³-hybridized carbons (Fsp3) is 0.552. The third kappa shape index (κ3) is 5.88. The van der Waals surface area contributed by atoms with E-state index in [1.54, 1.807) is 18.3 Å². The number of benzene rings is 1. The summed E-state index contributed by atoms with van der Waals surface area (Å²) in [4.78, 5) is 12.7. The van der Waals surface area contributed by atoms with Crippen molar-refractivity contribution in [2.24, 2.45) is 5.92 Å². The normalized spacial score (nSPS) is 21.4. The van der Waals surface area contributed by atoms with Gasteiger partial charge in [-0.25, -0.2) is 4.98 Å². The van der Waals surface area contributed by atoms with Gasteiger partial charge in [-0.05, 0) is 87.6 Å². The van der Waals surface area contributed by atoms with Crippen LogP contribution in [0.5, 0.6) is 0 Å². The highest BCUT2D eigenvalue weighted by Crippen LogP contribution is 2.36. The average Bonchev–Trinajstić information content (AvgIpc) is 3.41. The summed E-state index contributed by atoms with van der Waals surface area (Å²) in [7, 11) is 0. The van der Waals surface area contributed by atoms with E-state index in [-0.39, 0.29) is 0 Å². The Morgan fingerprint density at radius 1 is 0.949 bits per heavy atom. The molecule has 0 amide bonds. The number of hydrogen-bond acceptors (Lipinski definition) is 6. The van der Waals surface area contributed by atoms with Gasteiger partial charge in [-0.3, -0.25) is 0 Å². The molecule has 0 bridgehead atoms. The van der Waals surface area contributed by atoms with Crippen LogP contribution >= 0.6 is 0 Å². The number of alkyl halides is 3. The highest BCUT2D eigenvalue weighted by Gasteiger charge is 2.45. The summed E-state index contributed by atoms with van der Waals surface area (Å²) in [5, 5.41) is 7.25. The molecule has 39 heavy (non-hydrogen) atoms. The molecule has 0 spiro atoms. The van der Waals surface area contributed by atoms with E-state index in [0.29, 0.717) is 37.8 Å². The SMILES string of the molecule is FC(F)(F)C(Nc1ccc(-c2cc3c(N4CCOCC4)nccc3[nH]2)cc1)C1CCN(C2CCNCC2)CC1. The first-order valence-electron chi connectivity index (χ1n) is 14.1. The fourth-order valence-corrected chi connectivity index (χ4v) is 6.40. The average molecular weight is 543 g/mol. The third-order valence-corrected chi connectivity index (χ3v) is 8.58. The van der Waals surface area contributed by atoms with E-state index in [2.05, 4.69) is 36.5 Å². The number of piperidine rings is 2. The van der Waals surface area contributed by atoms with Crippen LogP contribution in [0.3, 0.4) is 0 Å². The van der Waals surface area contributed by atoms with Gasteiger partial charge in [0.15, 0.2) is 0 Å². The predicted octanol–water partition coefficient (Wildman–Crippen LogP) is 4.87. The number of nitrogens with one attached hydrogen (secondary N) is 3. The van der Waals surface area contributed by atoms with Crippen LogP contribution in [-0.4, -0.2) is 85.6 Å². The number of fused-ring (bicyclic) bond motifs is 1. The second kappa shape index (κ2) is 11.3. The molecule has 1 atom stereocenters. The number of aromatic nitrogens is 2. The van der Waals surface area contributed by atoms with E-state index in [9.17, 15) is 13.2 Å². The minimum absolute atomic E-state index is 0.428. The molecule has 0 radical (unpaired) electrons. The quantitative estimate of drug-likeness (QED) is 0.413. The lowest BCUT2D eigenvalue weighted by atomic mass is 9.87. The van der Waals surface area contributed by atoms with Gasteiger partial charge < -0.3 is 30.2 Å². The van der Waals surface area contributed by atoms with Gasteiger partial charge in [-0.15, -0.1) is 0 Å². The molecule has 3 aliphatic heterocycles. The van der Waals surface area contributed by atoms with Crippen LogP contribution in [0.1, 0.15) is 25.7 Å². The van der Waals surface area contributed by atoms with Crippen molar-refractivity contribution in [2.75, 3.05) is 62.7 Å². The van der Waals surface area contributed by atoms with Crippen molar-refractivity contribution in [1.82, 2.24) is 20.2 Å². The van der Waals surface area contributed by atoms with Gasteiger partial charge in [0.1, 0.15) is 11.9 Å². The molecule has 3 aliphatic rings. The maximum absolute atomic E-state index is 14.2. The van der Waals surface area contributed by atoms with Crippen molar-refractivity contribution in [3.05, 3.63) is 42.6 Å². The first-order chi connectivity index (χ1) is 19.0. The van der Waals surface area contributed by atoms with Crippen molar-refractivity contribution >= 4 is 22.4 Å². The molecular weight excluding hydrogens is 505 g/mol. The highest BCUT2D eigenvalue weighted by molar-refractivity contribution is 5.94. The lowest BCUT2D eigenvalue weighted by Gasteiger charge is -2.42. The number of aromatic amines is 1. The molecule has 1 unspecified atom stereocenters. The van der Waals surface area contributed by atoms with E-state index in [0.717, 1.165) is 80.1 Å². The minimum Gasteiger partial charge on any atom is -0.378 e. The Balaban J connectivity index is 1.14. The summed E-state index contributed by atoms with van der Waals surface area (Å²) in [5.74, 6) is 0.498.